The van der Waals surface area contributed by atoms with E-state index in [1.807, 2.05) is 17.6 Å². The molecule has 2 N–H and O–H groups in total. The number of nitrogens with one attached hydrogen (secondary N) is 2. The van der Waals surface area contributed by atoms with Crippen LogP contribution in [-0.2, 0) is 12.8 Å². The Morgan fingerprint density at radius 3 is 2.96 bits per heavy atom. The molecule has 3 rings (SSSR count). The van der Waals surface area contributed by atoms with Gasteiger partial charge in [-0.3, -0.25) is 0 Å². The molecule has 8 heteroatoms. The van der Waals surface area contributed by atoms with Gasteiger partial charge < -0.3 is 10.6 Å². The molecular formula is C16H18N6OS. The molecule has 3 aromatic rings. The van der Waals surface area contributed by atoms with Crippen LogP contribution in [0.5, 0.6) is 0 Å². The van der Waals surface area contributed by atoms with Gasteiger partial charge in [0.25, 0.3) is 0 Å². The first-order chi connectivity index (χ1) is 11.7. The molecule has 0 aliphatic heterocycles. The zero-order chi connectivity index (χ0) is 16.8. The third-order valence-electron chi connectivity index (χ3n) is 3.31. The summed E-state index contributed by atoms with van der Waals surface area (Å²) in [5.41, 5.74) is 1.65. The van der Waals surface area contributed by atoms with Gasteiger partial charge in [-0.1, -0.05) is 6.92 Å². The van der Waals surface area contributed by atoms with Crippen molar-refractivity contribution in [2.24, 2.45) is 0 Å². The maximum atomic E-state index is 11.9. The Labute approximate surface area is 143 Å². The van der Waals surface area contributed by atoms with Crippen molar-refractivity contribution in [2.75, 3.05) is 11.9 Å². The Kier molecular flexibility index (Phi) is 5.17. The van der Waals surface area contributed by atoms with Crippen molar-refractivity contribution in [3.05, 3.63) is 52.9 Å². The van der Waals surface area contributed by atoms with Crippen molar-refractivity contribution < 1.29 is 4.79 Å². The quantitative estimate of drug-likeness (QED) is 0.721. The first-order valence-electron chi connectivity index (χ1n) is 7.69. The fraction of sp³-hybridized carbons (Fsp3) is 0.250. The standard InChI is InChI=1S/C16H18N6OS/c1-2-15-20-13(11-24-15)6-8-17-16(23)21-12-4-5-14(18-10-12)22-9-3-7-19-22/h3-5,7,9-11H,2,6,8H2,1H3,(H2,17,21,23). The van der Waals surface area contributed by atoms with Gasteiger partial charge in [-0.2, -0.15) is 5.10 Å². The van der Waals surface area contributed by atoms with E-state index in [1.54, 1.807) is 40.5 Å². The molecule has 3 heterocycles. The minimum atomic E-state index is -0.255. The lowest BCUT2D eigenvalue weighted by Gasteiger charge is -2.07. The number of amides is 2. The molecule has 0 fully saturated rings. The lowest BCUT2D eigenvalue weighted by atomic mass is 10.3. The Balaban J connectivity index is 1.46. The molecule has 0 unspecified atom stereocenters. The molecule has 124 valence electrons. The average Bonchev–Trinajstić information content (AvgIpc) is 3.27. The maximum absolute atomic E-state index is 11.9. The number of carbonyl (C=O) groups is 1. The van der Waals surface area contributed by atoms with Crippen molar-refractivity contribution in [2.45, 2.75) is 19.8 Å². The summed E-state index contributed by atoms with van der Waals surface area (Å²) in [7, 11) is 0. The summed E-state index contributed by atoms with van der Waals surface area (Å²) >= 11 is 1.66. The summed E-state index contributed by atoms with van der Waals surface area (Å²) in [5, 5.41) is 12.8. The number of pyridine rings is 1. The van der Waals surface area contributed by atoms with Crippen LogP contribution in [0.3, 0.4) is 0 Å². The third kappa shape index (κ3) is 4.17. The minimum Gasteiger partial charge on any atom is -0.337 e. The van der Waals surface area contributed by atoms with E-state index >= 15 is 0 Å². The molecular weight excluding hydrogens is 324 g/mol. The van der Waals surface area contributed by atoms with Gasteiger partial charge in [0.2, 0.25) is 0 Å². The van der Waals surface area contributed by atoms with E-state index in [-0.39, 0.29) is 6.03 Å². The maximum Gasteiger partial charge on any atom is 0.319 e. The number of aromatic nitrogens is 4. The summed E-state index contributed by atoms with van der Waals surface area (Å²) in [6, 6.07) is 5.16. The van der Waals surface area contributed by atoms with Crippen molar-refractivity contribution >= 4 is 23.1 Å². The highest BCUT2D eigenvalue weighted by molar-refractivity contribution is 7.09. The van der Waals surface area contributed by atoms with Crippen LogP contribution in [-0.4, -0.2) is 32.3 Å². The molecule has 0 spiro atoms. The zero-order valence-corrected chi connectivity index (χ0v) is 14.1. The molecule has 0 radical (unpaired) electrons. The summed E-state index contributed by atoms with van der Waals surface area (Å²) in [4.78, 5) is 20.6. The summed E-state index contributed by atoms with van der Waals surface area (Å²) in [6.45, 7) is 2.62. The van der Waals surface area contributed by atoms with E-state index in [0.29, 0.717) is 18.1 Å². The lowest BCUT2D eigenvalue weighted by Crippen LogP contribution is -2.30. The third-order valence-corrected chi connectivity index (χ3v) is 4.36. The number of aryl methyl sites for hydroxylation is 1. The first kappa shape index (κ1) is 16.1. The number of carbonyl (C=O) groups excluding carboxylic acids is 1. The van der Waals surface area contributed by atoms with E-state index in [2.05, 4.69) is 32.6 Å². The Morgan fingerprint density at radius 1 is 1.38 bits per heavy atom. The second-order valence-electron chi connectivity index (χ2n) is 5.07. The minimum absolute atomic E-state index is 0.255. The molecule has 0 aromatic carbocycles. The normalized spacial score (nSPS) is 10.5. The van der Waals surface area contributed by atoms with Gasteiger partial charge in [0.05, 0.1) is 22.6 Å². The Bertz CT molecular complexity index is 781. The zero-order valence-electron chi connectivity index (χ0n) is 13.3. The number of hydrogen-bond acceptors (Lipinski definition) is 5. The van der Waals surface area contributed by atoms with Crippen LogP contribution < -0.4 is 10.6 Å². The average molecular weight is 342 g/mol. The monoisotopic (exact) mass is 342 g/mol. The van der Waals surface area contributed by atoms with Gasteiger partial charge in [0.1, 0.15) is 0 Å². The number of rotatable bonds is 6. The van der Waals surface area contributed by atoms with E-state index in [9.17, 15) is 4.79 Å². The molecule has 0 bridgehead atoms. The van der Waals surface area contributed by atoms with Crippen LogP contribution in [0.2, 0.25) is 0 Å². The smallest absolute Gasteiger partial charge is 0.319 e. The van der Waals surface area contributed by atoms with Crippen LogP contribution in [0.15, 0.2) is 42.2 Å². The van der Waals surface area contributed by atoms with Gasteiger partial charge in [-0.15, -0.1) is 11.3 Å². The van der Waals surface area contributed by atoms with Crippen molar-refractivity contribution in [3.63, 3.8) is 0 Å². The predicted octanol–water partition coefficient (Wildman–Crippen LogP) is 2.65. The van der Waals surface area contributed by atoms with Gasteiger partial charge in [0, 0.05) is 30.7 Å². The number of urea groups is 1. The van der Waals surface area contributed by atoms with Gasteiger partial charge in [0.15, 0.2) is 5.82 Å². The van der Waals surface area contributed by atoms with Crippen LogP contribution in [0.4, 0.5) is 10.5 Å². The number of anilines is 1. The fourth-order valence-corrected chi connectivity index (χ4v) is 2.88. The number of nitrogens with zero attached hydrogens (tertiary/aromatic N) is 4. The lowest BCUT2D eigenvalue weighted by molar-refractivity contribution is 0.252. The van der Waals surface area contributed by atoms with Crippen LogP contribution in [0.1, 0.15) is 17.6 Å². The van der Waals surface area contributed by atoms with E-state index in [4.69, 9.17) is 0 Å². The van der Waals surface area contributed by atoms with E-state index in [0.717, 1.165) is 23.5 Å². The number of hydrogen-bond donors (Lipinski definition) is 2. The second kappa shape index (κ2) is 7.69. The van der Waals surface area contributed by atoms with Crippen molar-refractivity contribution in [1.29, 1.82) is 0 Å². The highest BCUT2D eigenvalue weighted by Gasteiger charge is 2.05. The molecule has 0 saturated carbocycles. The molecule has 0 aliphatic rings. The van der Waals surface area contributed by atoms with Gasteiger partial charge in [-0.25, -0.2) is 19.4 Å². The topological polar surface area (TPSA) is 84.7 Å². The largest absolute Gasteiger partial charge is 0.337 e. The number of thiazole rings is 1. The summed E-state index contributed by atoms with van der Waals surface area (Å²) in [5.74, 6) is 0.696. The Morgan fingerprint density at radius 2 is 2.29 bits per heavy atom. The SMILES string of the molecule is CCc1nc(CCNC(=O)Nc2ccc(-n3cccn3)nc2)cs1. The second-order valence-corrected chi connectivity index (χ2v) is 6.02. The predicted molar refractivity (Wildman–Crippen MR) is 93.6 cm³/mol. The van der Waals surface area contributed by atoms with E-state index in [1.165, 1.54) is 0 Å². The Hall–Kier alpha value is -2.74. The van der Waals surface area contributed by atoms with Gasteiger partial charge >= 0.3 is 6.03 Å². The van der Waals surface area contributed by atoms with Crippen molar-refractivity contribution in [1.82, 2.24) is 25.1 Å². The fourth-order valence-electron chi connectivity index (χ4n) is 2.11. The van der Waals surface area contributed by atoms with Crippen LogP contribution in [0.25, 0.3) is 5.82 Å². The molecule has 7 nitrogen and oxygen atoms in total. The molecule has 0 atom stereocenters. The molecule has 24 heavy (non-hydrogen) atoms. The highest BCUT2D eigenvalue weighted by Crippen LogP contribution is 2.11. The molecule has 3 aromatic heterocycles. The summed E-state index contributed by atoms with van der Waals surface area (Å²) < 4.78 is 1.66. The van der Waals surface area contributed by atoms with Crippen LogP contribution >= 0.6 is 11.3 Å². The van der Waals surface area contributed by atoms with Crippen LogP contribution in [0, 0.1) is 0 Å². The molecule has 0 aliphatic carbocycles. The first-order valence-corrected chi connectivity index (χ1v) is 8.57. The highest BCUT2D eigenvalue weighted by atomic mass is 32.1. The van der Waals surface area contributed by atoms with Crippen molar-refractivity contribution in [3.8, 4) is 5.82 Å². The van der Waals surface area contributed by atoms with E-state index < -0.39 is 0 Å². The molecule has 0 saturated heterocycles. The van der Waals surface area contributed by atoms with Gasteiger partial charge in [-0.05, 0) is 24.6 Å². The molecule has 2 amide bonds. The summed E-state index contributed by atoms with van der Waals surface area (Å²) in [6.07, 6.45) is 6.77.